The van der Waals surface area contributed by atoms with Gasteiger partial charge in [0.2, 0.25) is 0 Å². The summed E-state index contributed by atoms with van der Waals surface area (Å²) < 4.78 is 1.81. The number of pyridine rings is 1. The molecule has 5 rings (SSSR count). The normalized spacial score (nSPS) is 12.1. The SMILES string of the molecule is N#CCC(c1cncc(-c2cccs2)c1)n1cc(-c2ncnc3[nH]ccc23)cn1. The molecule has 29 heavy (non-hydrogen) atoms. The summed E-state index contributed by atoms with van der Waals surface area (Å²) in [6, 6.07) is 10.2. The second-order valence-corrected chi connectivity index (χ2v) is 7.48. The van der Waals surface area contributed by atoms with Crippen LogP contribution >= 0.6 is 11.3 Å². The number of H-pyrrole nitrogens is 1. The van der Waals surface area contributed by atoms with E-state index in [1.165, 1.54) is 6.33 Å². The van der Waals surface area contributed by atoms with E-state index in [2.05, 4.69) is 43.2 Å². The van der Waals surface area contributed by atoms with E-state index >= 15 is 0 Å². The summed E-state index contributed by atoms with van der Waals surface area (Å²) in [6.45, 7) is 0. The molecule has 1 N–H and O–H groups in total. The van der Waals surface area contributed by atoms with Gasteiger partial charge in [-0.2, -0.15) is 10.4 Å². The van der Waals surface area contributed by atoms with Crippen molar-refractivity contribution < 1.29 is 0 Å². The smallest absolute Gasteiger partial charge is 0.141 e. The quantitative estimate of drug-likeness (QED) is 0.473. The predicted molar refractivity (Wildman–Crippen MR) is 111 cm³/mol. The fraction of sp³-hybridized carbons (Fsp3) is 0.0952. The zero-order valence-electron chi connectivity index (χ0n) is 15.2. The third-order valence-electron chi connectivity index (χ3n) is 4.78. The number of nitrogens with one attached hydrogen (secondary N) is 1. The number of aromatic amines is 1. The number of rotatable bonds is 5. The average molecular weight is 397 g/mol. The lowest BCUT2D eigenvalue weighted by Gasteiger charge is -2.15. The Morgan fingerprint density at radius 3 is 3.00 bits per heavy atom. The first-order valence-electron chi connectivity index (χ1n) is 9.02. The van der Waals surface area contributed by atoms with Crippen molar-refractivity contribution in [3.05, 3.63) is 72.5 Å². The van der Waals surface area contributed by atoms with Crippen LogP contribution in [0.1, 0.15) is 18.0 Å². The van der Waals surface area contributed by atoms with Crippen molar-refractivity contribution in [1.82, 2.24) is 29.7 Å². The lowest BCUT2D eigenvalue weighted by Crippen LogP contribution is -2.11. The first-order valence-corrected chi connectivity index (χ1v) is 9.90. The topological polar surface area (TPSA) is 96.1 Å². The van der Waals surface area contributed by atoms with Crippen LogP contribution < -0.4 is 0 Å². The van der Waals surface area contributed by atoms with Crippen LogP contribution in [0, 0.1) is 11.3 Å². The minimum Gasteiger partial charge on any atom is -0.346 e. The molecule has 7 nitrogen and oxygen atoms in total. The van der Waals surface area contributed by atoms with Crippen molar-refractivity contribution in [3.8, 4) is 27.8 Å². The van der Waals surface area contributed by atoms with E-state index in [9.17, 15) is 5.26 Å². The zero-order valence-corrected chi connectivity index (χ0v) is 16.0. The summed E-state index contributed by atoms with van der Waals surface area (Å²) in [4.78, 5) is 17.3. The molecule has 8 heteroatoms. The second kappa shape index (κ2) is 7.30. The maximum atomic E-state index is 9.42. The van der Waals surface area contributed by atoms with Gasteiger partial charge in [0.1, 0.15) is 12.0 Å². The van der Waals surface area contributed by atoms with Gasteiger partial charge in [-0.05, 0) is 29.1 Å². The Morgan fingerprint density at radius 2 is 2.14 bits per heavy atom. The van der Waals surface area contributed by atoms with E-state index in [0.29, 0.717) is 6.42 Å². The molecule has 0 bridgehead atoms. The van der Waals surface area contributed by atoms with Gasteiger partial charge in [0.15, 0.2) is 0 Å². The molecule has 0 aliphatic carbocycles. The largest absolute Gasteiger partial charge is 0.346 e. The number of hydrogen-bond acceptors (Lipinski definition) is 6. The van der Waals surface area contributed by atoms with E-state index in [-0.39, 0.29) is 6.04 Å². The monoisotopic (exact) mass is 397 g/mol. The maximum absolute atomic E-state index is 9.42. The van der Waals surface area contributed by atoms with E-state index in [0.717, 1.165) is 38.3 Å². The fourth-order valence-electron chi connectivity index (χ4n) is 3.40. The summed E-state index contributed by atoms with van der Waals surface area (Å²) in [5.41, 5.74) is 4.45. The lowest BCUT2D eigenvalue weighted by atomic mass is 10.0. The van der Waals surface area contributed by atoms with E-state index in [4.69, 9.17) is 0 Å². The molecule has 0 aliphatic rings. The van der Waals surface area contributed by atoms with Crippen LogP contribution in [0.2, 0.25) is 0 Å². The first kappa shape index (κ1) is 17.3. The van der Waals surface area contributed by atoms with Gasteiger partial charge in [0.25, 0.3) is 0 Å². The number of fused-ring (bicyclic) bond motifs is 1. The molecule has 0 saturated carbocycles. The third kappa shape index (κ3) is 3.17. The molecule has 1 unspecified atom stereocenters. The minimum atomic E-state index is -0.232. The molecular weight excluding hydrogens is 382 g/mol. The Balaban J connectivity index is 1.54. The highest BCUT2D eigenvalue weighted by Gasteiger charge is 2.18. The molecule has 140 valence electrons. The van der Waals surface area contributed by atoms with Crippen LogP contribution in [0.3, 0.4) is 0 Å². The summed E-state index contributed by atoms with van der Waals surface area (Å²) in [5, 5.41) is 16.9. The van der Waals surface area contributed by atoms with Crippen LogP contribution in [-0.2, 0) is 0 Å². The number of nitrogens with zero attached hydrogens (tertiary/aromatic N) is 6. The molecule has 5 aromatic heterocycles. The molecule has 1 atom stereocenters. The van der Waals surface area contributed by atoms with E-state index in [1.807, 2.05) is 40.8 Å². The van der Waals surface area contributed by atoms with Gasteiger partial charge in [0, 0.05) is 46.2 Å². The fourth-order valence-corrected chi connectivity index (χ4v) is 4.11. The predicted octanol–water partition coefficient (Wildman–Crippen LogP) is 4.45. The molecule has 0 amide bonds. The zero-order chi connectivity index (χ0) is 19.6. The van der Waals surface area contributed by atoms with Gasteiger partial charge in [-0.15, -0.1) is 11.3 Å². The van der Waals surface area contributed by atoms with Crippen molar-refractivity contribution >= 4 is 22.4 Å². The second-order valence-electron chi connectivity index (χ2n) is 6.53. The van der Waals surface area contributed by atoms with Gasteiger partial charge >= 0.3 is 0 Å². The molecule has 5 heterocycles. The van der Waals surface area contributed by atoms with Gasteiger partial charge in [0.05, 0.1) is 30.4 Å². The van der Waals surface area contributed by atoms with E-state index < -0.39 is 0 Å². The highest BCUT2D eigenvalue weighted by Crippen LogP contribution is 2.30. The van der Waals surface area contributed by atoms with Gasteiger partial charge in [-0.25, -0.2) is 9.97 Å². The van der Waals surface area contributed by atoms with Gasteiger partial charge in [-0.1, -0.05) is 6.07 Å². The summed E-state index contributed by atoms with van der Waals surface area (Å²) in [5.74, 6) is 0. The molecule has 0 radical (unpaired) electrons. The van der Waals surface area contributed by atoms with Crippen molar-refractivity contribution in [1.29, 1.82) is 5.26 Å². The first-order chi connectivity index (χ1) is 14.3. The van der Waals surface area contributed by atoms with Gasteiger partial charge < -0.3 is 4.98 Å². The third-order valence-corrected chi connectivity index (χ3v) is 5.70. The molecule has 5 aromatic rings. The maximum Gasteiger partial charge on any atom is 0.141 e. The highest BCUT2D eigenvalue weighted by atomic mass is 32.1. The number of hydrogen-bond donors (Lipinski definition) is 1. The Kier molecular flexibility index (Phi) is 4.35. The Labute approximate surface area is 170 Å². The highest BCUT2D eigenvalue weighted by molar-refractivity contribution is 7.13. The van der Waals surface area contributed by atoms with Crippen LogP contribution in [0.4, 0.5) is 0 Å². The summed E-state index contributed by atoms with van der Waals surface area (Å²) in [6.07, 6.45) is 11.0. The van der Waals surface area contributed by atoms with Crippen LogP contribution in [0.15, 0.2) is 67.0 Å². The number of nitriles is 1. The van der Waals surface area contributed by atoms with E-state index in [1.54, 1.807) is 23.7 Å². The average Bonchev–Trinajstić information content (AvgIpc) is 3.53. The summed E-state index contributed by atoms with van der Waals surface area (Å²) >= 11 is 1.66. The van der Waals surface area contributed by atoms with Crippen molar-refractivity contribution in [2.75, 3.05) is 0 Å². The minimum absolute atomic E-state index is 0.232. The standard InChI is InChI=1S/C21H15N7S/c22-5-3-18(14-8-15(10-23-9-14)19-2-1-7-29-19)28-12-16(11-27-28)20-17-4-6-24-21(17)26-13-25-20/h1-2,4,6-13,18H,3H2,(H,24,25,26). The van der Waals surface area contributed by atoms with Gasteiger partial charge in [-0.3, -0.25) is 9.67 Å². The van der Waals surface area contributed by atoms with Crippen molar-refractivity contribution in [3.63, 3.8) is 0 Å². The van der Waals surface area contributed by atoms with Crippen molar-refractivity contribution in [2.24, 2.45) is 0 Å². The lowest BCUT2D eigenvalue weighted by molar-refractivity contribution is 0.531. The van der Waals surface area contributed by atoms with Crippen LogP contribution in [-0.4, -0.2) is 29.7 Å². The number of thiophene rings is 1. The Hall–Kier alpha value is -3.83. The Bertz CT molecular complexity index is 1310. The van der Waals surface area contributed by atoms with Crippen LogP contribution in [0.5, 0.6) is 0 Å². The molecular formula is C21H15N7S. The molecule has 0 spiro atoms. The van der Waals surface area contributed by atoms with Crippen LogP contribution in [0.25, 0.3) is 32.7 Å². The van der Waals surface area contributed by atoms with Crippen molar-refractivity contribution in [2.45, 2.75) is 12.5 Å². The molecule has 0 aliphatic heterocycles. The Morgan fingerprint density at radius 1 is 1.17 bits per heavy atom. The molecule has 0 saturated heterocycles. The summed E-state index contributed by atoms with van der Waals surface area (Å²) in [7, 11) is 0. The number of aromatic nitrogens is 6. The molecule has 0 fully saturated rings. The molecule has 0 aromatic carbocycles.